The second-order valence-electron chi connectivity index (χ2n) is 5.98. The van der Waals surface area contributed by atoms with Gasteiger partial charge in [-0.05, 0) is 61.5 Å². The van der Waals surface area contributed by atoms with E-state index >= 15 is 0 Å². The van der Waals surface area contributed by atoms with Crippen LogP contribution in [0, 0.1) is 0 Å². The molecule has 0 aromatic heterocycles. The maximum absolute atomic E-state index is 12.5. The molecule has 3 N–H and O–H groups in total. The molecule has 1 fully saturated rings. The van der Waals surface area contributed by atoms with E-state index in [0.717, 1.165) is 25.1 Å². The van der Waals surface area contributed by atoms with Crippen molar-refractivity contribution in [3.63, 3.8) is 0 Å². The third-order valence-corrected chi connectivity index (χ3v) is 4.49. The summed E-state index contributed by atoms with van der Waals surface area (Å²) in [6.45, 7) is 1.28. The zero-order chi connectivity index (χ0) is 18.4. The summed E-state index contributed by atoms with van der Waals surface area (Å²) in [6, 6.07) is 14.5. The van der Waals surface area contributed by atoms with E-state index in [0.29, 0.717) is 27.9 Å². The number of para-hydroxylation sites is 1. The molecule has 0 aliphatic carbocycles. The zero-order valence-electron chi connectivity index (χ0n) is 14.1. The molecule has 0 radical (unpaired) electrons. The second-order valence-corrected chi connectivity index (χ2v) is 6.82. The summed E-state index contributed by atoms with van der Waals surface area (Å²) in [5.74, 6) is -0.155. The van der Waals surface area contributed by atoms with Crippen molar-refractivity contribution < 1.29 is 9.53 Å². The third kappa shape index (κ3) is 5.17. The van der Waals surface area contributed by atoms with Gasteiger partial charge in [0.05, 0.1) is 17.4 Å². The Balaban J connectivity index is 1.61. The van der Waals surface area contributed by atoms with Gasteiger partial charge in [0.25, 0.3) is 5.91 Å². The Morgan fingerprint density at radius 2 is 1.92 bits per heavy atom. The maximum Gasteiger partial charge on any atom is 0.253 e. The minimum atomic E-state index is -0.155. The Hall–Kier alpha value is -2.15. The van der Waals surface area contributed by atoms with Crippen LogP contribution in [0.25, 0.3) is 0 Å². The first-order valence-corrected chi connectivity index (χ1v) is 9.23. The molecule has 0 spiro atoms. The molecule has 1 atom stereocenters. The fourth-order valence-electron chi connectivity index (χ4n) is 2.72. The molecule has 2 aromatic rings. The third-order valence-electron chi connectivity index (χ3n) is 4.04. The standard InChI is InChI=1S/C19H20ClN3O2S/c20-13-7-9-14(10-8-13)22-19(26)23-17-6-2-1-5-16(17)18(24)21-12-15-4-3-11-25-15/h1-2,5-10,15H,3-4,11-12H2,(H,21,24)(H2,22,23,26)/t15-/m1/s1. The Morgan fingerprint density at radius 1 is 1.15 bits per heavy atom. The van der Waals surface area contributed by atoms with E-state index in [1.165, 1.54) is 0 Å². The molecule has 0 saturated carbocycles. The van der Waals surface area contributed by atoms with Crippen LogP contribution in [0.4, 0.5) is 11.4 Å². The predicted octanol–water partition coefficient (Wildman–Crippen LogP) is 4.06. The first kappa shape index (κ1) is 18.6. The van der Waals surface area contributed by atoms with E-state index in [9.17, 15) is 4.79 Å². The highest BCUT2D eigenvalue weighted by Crippen LogP contribution is 2.18. The van der Waals surface area contributed by atoms with Crippen LogP contribution in [0.15, 0.2) is 48.5 Å². The van der Waals surface area contributed by atoms with Crippen LogP contribution in [0.3, 0.4) is 0 Å². The largest absolute Gasteiger partial charge is 0.376 e. The minimum absolute atomic E-state index is 0.103. The Labute approximate surface area is 163 Å². The number of thiocarbonyl (C=S) groups is 1. The number of carbonyl (C=O) groups is 1. The lowest BCUT2D eigenvalue weighted by atomic mass is 10.1. The number of hydrogen-bond acceptors (Lipinski definition) is 3. The van der Waals surface area contributed by atoms with Gasteiger partial charge in [-0.3, -0.25) is 4.79 Å². The molecule has 1 amide bonds. The molecule has 1 aliphatic heterocycles. The van der Waals surface area contributed by atoms with Crippen LogP contribution < -0.4 is 16.0 Å². The van der Waals surface area contributed by atoms with Gasteiger partial charge < -0.3 is 20.7 Å². The molecule has 0 bridgehead atoms. The monoisotopic (exact) mass is 389 g/mol. The van der Waals surface area contributed by atoms with Crippen LogP contribution in [0.5, 0.6) is 0 Å². The normalized spacial score (nSPS) is 16.1. The molecule has 136 valence electrons. The van der Waals surface area contributed by atoms with E-state index < -0.39 is 0 Å². The number of halogens is 1. The van der Waals surface area contributed by atoms with Crippen molar-refractivity contribution in [1.82, 2.24) is 5.32 Å². The molecular weight excluding hydrogens is 370 g/mol. The number of anilines is 2. The van der Waals surface area contributed by atoms with Crippen LogP contribution in [-0.4, -0.2) is 30.3 Å². The molecule has 3 rings (SSSR count). The summed E-state index contributed by atoms with van der Waals surface area (Å²) in [6.07, 6.45) is 2.13. The van der Waals surface area contributed by atoms with Gasteiger partial charge in [0.1, 0.15) is 0 Å². The summed E-state index contributed by atoms with van der Waals surface area (Å²) in [4.78, 5) is 12.5. The van der Waals surface area contributed by atoms with E-state index in [4.69, 9.17) is 28.6 Å². The number of nitrogens with one attached hydrogen (secondary N) is 3. The van der Waals surface area contributed by atoms with Crippen molar-refractivity contribution in [2.75, 3.05) is 23.8 Å². The smallest absolute Gasteiger partial charge is 0.253 e. The lowest BCUT2D eigenvalue weighted by molar-refractivity contribution is 0.0858. The summed E-state index contributed by atoms with van der Waals surface area (Å²) >= 11 is 11.2. The van der Waals surface area contributed by atoms with Crippen molar-refractivity contribution in [1.29, 1.82) is 0 Å². The topological polar surface area (TPSA) is 62.4 Å². The highest BCUT2D eigenvalue weighted by Gasteiger charge is 2.18. The van der Waals surface area contributed by atoms with Crippen molar-refractivity contribution in [2.24, 2.45) is 0 Å². The minimum Gasteiger partial charge on any atom is -0.376 e. The highest BCUT2D eigenvalue weighted by molar-refractivity contribution is 7.80. The predicted molar refractivity (Wildman–Crippen MR) is 109 cm³/mol. The maximum atomic E-state index is 12.5. The fourth-order valence-corrected chi connectivity index (χ4v) is 3.07. The van der Waals surface area contributed by atoms with Gasteiger partial charge in [0.2, 0.25) is 0 Å². The van der Waals surface area contributed by atoms with Gasteiger partial charge in [-0.2, -0.15) is 0 Å². The van der Waals surface area contributed by atoms with Crippen LogP contribution in [0.2, 0.25) is 5.02 Å². The number of carbonyl (C=O) groups excluding carboxylic acids is 1. The highest BCUT2D eigenvalue weighted by atomic mass is 35.5. The quantitative estimate of drug-likeness (QED) is 0.673. The Morgan fingerprint density at radius 3 is 2.65 bits per heavy atom. The van der Waals surface area contributed by atoms with Gasteiger partial charge in [-0.1, -0.05) is 23.7 Å². The number of hydrogen-bond donors (Lipinski definition) is 3. The van der Waals surface area contributed by atoms with Crippen molar-refractivity contribution in [3.05, 3.63) is 59.1 Å². The summed E-state index contributed by atoms with van der Waals surface area (Å²) in [7, 11) is 0. The van der Waals surface area contributed by atoms with Crippen LogP contribution in [0.1, 0.15) is 23.2 Å². The molecule has 1 saturated heterocycles. The number of ether oxygens (including phenoxy) is 1. The first-order valence-electron chi connectivity index (χ1n) is 8.44. The summed E-state index contributed by atoms with van der Waals surface area (Å²) < 4.78 is 5.54. The van der Waals surface area contributed by atoms with Crippen LogP contribution >= 0.6 is 23.8 Å². The number of rotatable bonds is 5. The summed E-state index contributed by atoms with van der Waals surface area (Å²) in [5, 5.41) is 10.1. The average molecular weight is 390 g/mol. The molecule has 5 nitrogen and oxygen atoms in total. The summed E-state index contributed by atoms with van der Waals surface area (Å²) in [5.41, 5.74) is 1.99. The molecular formula is C19H20ClN3O2S. The van der Waals surface area contributed by atoms with Crippen molar-refractivity contribution in [2.45, 2.75) is 18.9 Å². The molecule has 1 heterocycles. The molecule has 0 unspecified atom stereocenters. The first-order chi connectivity index (χ1) is 12.6. The Bertz CT molecular complexity index is 777. The molecule has 7 heteroatoms. The van der Waals surface area contributed by atoms with Gasteiger partial charge in [-0.15, -0.1) is 0 Å². The lowest BCUT2D eigenvalue weighted by Gasteiger charge is -2.15. The van der Waals surface area contributed by atoms with Crippen LogP contribution in [-0.2, 0) is 4.74 Å². The van der Waals surface area contributed by atoms with E-state index in [-0.39, 0.29) is 12.0 Å². The molecule has 1 aliphatic rings. The van der Waals surface area contributed by atoms with Crippen molar-refractivity contribution >= 4 is 46.2 Å². The van der Waals surface area contributed by atoms with E-state index in [1.807, 2.05) is 30.3 Å². The van der Waals surface area contributed by atoms with Crippen molar-refractivity contribution in [3.8, 4) is 0 Å². The number of benzene rings is 2. The SMILES string of the molecule is O=C(NC[C@H]1CCCO1)c1ccccc1NC(=S)Nc1ccc(Cl)cc1. The average Bonchev–Trinajstić information content (AvgIpc) is 3.16. The van der Waals surface area contributed by atoms with Gasteiger partial charge >= 0.3 is 0 Å². The lowest BCUT2D eigenvalue weighted by Crippen LogP contribution is -2.32. The second kappa shape index (κ2) is 8.98. The van der Waals surface area contributed by atoms with Gasteiger partial charge in [-0.25, -0.2) is 0 Å². The fraction of sp³-hybridized carbons (Fsp3) is 0.263. The molecule has 26 heavy (non-hydrogen) atoms. The van der Waals surface area contributed by atoms with E-state index in [1.54, 1.807) is 18.2 Å². The number of amides is 1. The van der Waals surface area contributed by atoms with Gasteiger partial charge in [0.15, 0.2) is 5.11 Å². The van der Waals surface area contributed by atoms with E-state index in [2.05, 4.69) is 16.0 Å². The Kier molecular flexibility index (Phi) is 6.44. The zero-order valence-corrected chi connectivity index (χ0v) is 15.7. The van der Waals surface area contributed by atoms with Gasteiger partial charge in [0, 0.05) is 23.9 Å². The molecule has 2 aromatic carbocycles.